The number of anilines is 2. The Morgan fingerprint density at radius 1 is 1.24 bits per heavy atom. The van der Waals surface area contributed by atoms with Crippen LogP contribution in [-0.2, 0) is 6.54 Å². The van der Waals surface area contributed by atoms with Gasteiger partial charge in [0.1, 0.15) is 5.82 Å². The van der Waals surface area contributed by atoms with E-state index < -0.39 is 0 Å². The normalized spacial score (nSPS) is 10.8. The van der Waals surface area contributed by atoms with Crippen LogP contribution in [0.15, 0.2) is 30.5 Å². The molecule has 0 spiro atoms. The van der Waals surface area contributed by atoms with Crippen LogP contribution < -0.4 is 10.2 Å². The fraction of sp³-hybridized carbons (Fsp3) is 0.214. The first-order chi connectivity index (χ1) is 10.2. The highest BCUT2D eigenvalue weighted by atomic mass is 35.5. The van der Waals surface area contributed by atoms with Crippen molar-refractivity contribution in [2.24, 2.45) is 0 Å². The number of nitrogens with one attached hydrogen (secondary N) is 2. The van der Waals surface area contributed by atoms with Crippen LogP contribution in [0.5, 0.6) is 0 Å². The molecule has 0 radical (unpaired) electrons. The van der Waals surface area contributed by atoms with Crippen LogP contribution in [-0.4, -0.2) is 34.3 Å². The second-order valence-electron chi connectivity index (χ2n) is 4.74. The van der Waals surface area contributed by atoms with E-state index in [9.17, 15) is 0 Å². The molecule has 108 valence electrons. The topological polar surface area (TPSA) is 69.7 Å². The zero-order chi connectivity index (χ0) is 14.8. The van der Waals surface area contributed by atoms with E-state index >= 15 is 0 Å². The molecule has 0 aliphatic heterocycles. The van der Waals surface area contributed by atoms with Gasteiger partial charge in [0.05, 0.1) is 11.6 Å². The number of fused-ring (bicyclic) bond motifs is 1. The third-order valence-electron chi connectivity index (χ3n) is 3.21. The van der Waals surface area contributed by atoms with Gasteiger partial charge < -0.3 is 10.2 Å². The van der Waals surface area contributed by atoms with Gasteiger partial charge in [-0.3, -0.25) is 5.10 Å². The largest absolute Gasteiger partial charge is 0.357 e. The zero-order valence-corrected chi connectivity index (χ0v) is 12.5. The molecule has 3 rings (SSSR count). The molecular formula is C14H15ClN6. The zero-order valence-electron chi connectivity index (χ0n) is 11.8. The van der Waals surface area contributed by atoms with Gasteiger partial charge in [-0.2, -0.15) is 15.1 Å². The molecule has 0 aliphatic rings. The third kappa shape index (κ3) is 2.75. The second-order valence-corrected chi connectivity index (χ2v) is 5.17. The molecular weight excluding hydrogens is 288 g/mol. The molecule has 2 aromatic heterocycles. The smallest absolute Gasteiger partial charge is 0.226 e. The number of hydrogen-bond donors (Lipinski definition) is 2. The highest BCUT2D eigenvalue weighted by molar-refractivity contribution is 6.30. The summed E-state index contributed by atoms with van der Waals surface area (Å²) in [7, 11) is 3.78. The summed E-state index contributed by atoms with van der Waals surface area (Å²) in [4.78, 5) is 10.9. The van der Waals surface area contributed by atoms with Crippen molar-refractivity contribution in [3.8, 4) is 0 Å². The van der Waals surface area contributed by atoms with Crippen molar-refractivity contribution in [1.29, 1.82) is 0 Å². The molecule has 21 heavy (non-hydrogen) atoms. The predicted molar refractivity (Wildman–Crippen MR) is 84.8 cm³/mol. The molecule has 3 aromatic rings. The van der Waals surface area contributed by atoms with Crippen molar-refractivity contribution in [3.63, 3.8) is 0 Å². The quantitative estimate of drug-likeness (QED) is 0.775. The lowest BCUT2D eigenvalue weighted by Gasteiger charge is -2.19. The minimum atomic E-state index is 0.560. The maximum absolute atomic E-state index is 5.91. The molecule has 7 heteroatoms. The fourth-order valence-electron chi connectivity index (χ4n) is 2.16. The Balaban J connectivity index is 1.94. The average molecular weight is 303 g/mol. The Morgan fingerprint density at radius 3 is 2.71 bits per heavy atom. The van der Waals surface area contributed by atoms with E-state index in [0.717, 1.165) is 28.3 Å². The van der Waals surface area contributed by atoms with Gasteiger partial charge in [-0.15, -0.1) is 0 Å². The van der Waals surface area contributed by atoms with E-state index in [4.69, 9.17) is 11.6 Å². The molecule has 2 heterocycles. The maximum Gasteiger partial charge on any atom is 0.226 e. The van der Waals surface area contributed by atoms with Gasteiger partial charge in [0.2, 0.25) is 5.95 Å². The summed E-state index contributed by atoms with van der Waals surface area (Å²) < 4.78 is 0. The number of halogens is 1. The number of hydrogen-bond acceptors (Lipinski definition) is 5. The molecule has 1 aromatic carbocycles. The third-order valence-corrected chi connectivity index (χ3v) is 3.46. The van der Waals surface area contributed by atoms with Gasteiger partial charge in [0, 0.05) is 25.7 Å². The van der Waals surface area contributed by atoms with Crippen LogP contribution in [0, 0.1) is 0 Å². The summed E-state index contributed by atoms with van der Waals surface area (Å²) >= 11 is 5.91. The van der Waals surface area contributed by atoms with E-state index in [-0.39, 0.29) is 0 Å². The molecule has 6 nitrogen and oxygen atoms in total. The molecule has 0 amide bonds. The number of rotatable bonds is 4. The monoisotopic (exact) mass is 302 g/mol. The number of aromatic nitrogens is 4. The number of H-pyrrole nitrogens is 1. The van der Waals surface area contributed by atoms with Crippen LogP contribution >= 0.6 is 11.6 Å². The van der Waals surface area contributed by atoms with E-state index in [1.807, 2.05) is 31.3 Å². The average Bonchev–Trinajstić information content (AvgIpc) is 2.96. The molecule has 0 aliphatic carbocycles. The van der Waals surface area contributed by atoms with Gasteiger partial charge in [-0.25, -0.2) is 0 Å². The minimum absolute atomic E-state index is 0.560. The van der Waals surface area contributed by atoms with Crippen molar-refractivity contribution < 1.29 is 0 Å². The van der Waals surface area contributed by atoms with E-state index in [0.29, 0.717) is 11.6 Å². The van der Waals surface area contributed by atoms with Gasteiger partial charge in [0.25, 0.3) is 0 Å². The van der Waals surface area contributed by atoms with Gasteiger partial charge in [0.15, 0.2) is 5.65 Å². The van der Waals surface area contributed by atoms with Crippen molar-refractivity contribution in [1.82, 2.24) is 20.2 Å². The van der Waals surface area contributed by atoms with Crippen LogP contribution in [0.25, 0.3) is 11.0 Å². The molecule has 0 fully saturated rings. The number of aromatic amines is 1. The maximum atomic E-state index is 5.91. The van der Waals surface area contributed by atoms with Crippen molar-refractivity contribution in [2.45, 2.75) is 6.54 Å². The van der Waals surface area contributed by atoms with Gasteiger partial charge >= 0.3 is 0 Å². The fourth-order valence-corrected chi connectivity index (χ4v) is 2.29. The summed E-state index contributed by atoms with van der Waals surface area (Å²) in [6.45, 7) is 0.720. The lowest BCUT2D eigenvalue weighted by atomic mass is 10.2. The van der Waals surface area contributed by atoms with E-state index in [2.05, 4.69) is 30.4 Å². The lowest BCUT2D eigenvalue weighted by molar-refractivity contribution is 0.901. The van der Waals surface area contributed by atoms with Crippen LogP contribution in [0.4, 0.5) is 11.8 Å². The van der Waals surface area contributed by atoms with Crippen LogP contribution in [0.3, 0.4) is 0 Å². The summed E-state index contributed by atoms with van der Waals surface area (Å²) in [5.41, 5.74) is 1.87. The summed E-state index contributed by atoms with van der Waals surface area (Å²) in [5, 5.41) is 11.5. The Labute approximate surface area is 127 Å². The molecule has 0 atom stereocenters. The number of benzene rings is 1. The summed E-state index contributed by atoms with van der Waals surface area (Å²) in [6, 6.07) is 7.78. The second kappa shape index (κ2) is 5.57. The Bertz CT molecular complexity index is 752. The SMILES string of the molecule is CNc1nc(N(C)Cc2ccc(Cl)cc2)c2cn[nH]c2n1. The highest BCUT2D eigenvalue weighted by Gasteiger charge is 2.13. The molecule has 0 unspecified atom stereocenters. The standard InChI is InChI=1S/C14H15ClN6/c1-16-14-18-12-11(7-17-20-12)13(19-14)21(2)8-9-3-5-10(15)6-4-9/h3-7H,8H2,1-2H3,(H2,16,17,18,19,20). The lowest BCUT2D eigenvalue weighted by Crippen LogP contribution is -2.18. The molecule has 0 bridgehead atoms. The van der Waals surface area contributed by atoms with Crippen molar-refractivity contribution in [3.05, 3.63) is 41.0 Å². The first-order valence-electron chi connectivity index (χ1n) is 6.52. The highest BCUT2D eigenvalue weighted by Crippen LogP contribution is 2.24. The molecule has 0 saturated carbocycles. The first kappa shape index (κ1) is 13.6. The van der Waals surface area contributed by atoms with Crippen molar-refractivity contribution in [2.75, 3.05) is 24.3 Å². The Kier molecular flexibility index (Phi) is 3.62. The van der Waals surface area contributed by atoms with Gasteiger partial charge in [-0.1, -0.05) is 23.7 Å². The molecule has 2 N–H and O–H groups in total. The summed E-state index contributed by atoms with van der Waals surface area (Å²) in [6.07, 6.45) is 1.74. The van der Waals surface area contributed by atoms with Crippen LogP contribution in [0.1, 0.15) is 5.56 Å². The van der Waals surface area contributed by atoms with E-state index in [1.54, 1.807) is 13.2 Å². The minimum Gasteiger partial charge on any atom is -0.357 e. The predicted octanol–water partition coefficient (Wildman–Crippen LogP) is 2.68. The van der Waals surface area contributed by atoms with Gasteiger partial charge in [-0.05, 0) is 17.7 Å². The van der Waals surface area contributed by atoms with Crippen LogP contribution in [0.2, 0.25) is 5.02 Å². The Morgan fingerprint density at radius 2 is 2.00 bits per heavy atom. The molecule has 0 saturated heterocycles. The Hall–Kier alpha value is -2.34. The summed E-state index contributed by atoms with van der Waals surface area (Å²) in [5.74, 6) is 1.39. The first-order valence-corrected chi connectivity index (χ1v) is 6.89. The van der Waals surface area contributed by atoms with E-state index in [1.165, 1.54) is 0 Å². The number of nitrogens with zero attached hydrogens (tertiary/aromatic N) is 4. The van der Waals surface area contributed by atoms with Crippen molar-refractivity contribution >= 4 is 34.4 Å².